The second-order valence-corrected chi connectivity index (χ2v) is 5.08. The molecule has 0 radical (unpaired) electrons. The summed E-state index contributed by atoms with van der Waals surface area (Å²) >= 11 is 1.34. The average molecular weight is 309 g/mol. The molecule has 0 saturated heterocycles. The van der Waals surface area contributed by atoms with E-state index in [0.717, 1.165) is 0 Å². The summed E-state index contributed by atoms with van der Waals surface area (Å²) in [6.45, 7) is 1.84. The van der Waals surface area contributed by atoms with Gasteiger partial charge in [0.15, 0.2) is 5.16 Å². The van der Waals surface area contributed by atoms with Gasteiger partial charge in [0.05, 0.1) is 5.69 Å². The maximum atomic E-state index is 13.6. The number of rotatable bonds is 5. The molecular formula is C13H16FN5OS. The zero-order chi connectivity index (χ0) is 15.4. The van der Waals surface area contributed by atoms with Gasteiger partial charge in [0, 0.05) is 0 Å². The Hall–Kier alpha value is -2.09. The predicted molar refractivity (Wildman–Crippen MR) is 80.6 cm³/mol. The summed E-state index contributed by atoms with van der Waals surface area (Å²) < 4.78 is 15.2. The number of benzene rings is 1. The van der Waals surface area contributed by atoms with Gasteiger partial charge in [-0.15, -0.1) is 10.2 Å². The Morgan fingerprint density at radius 1 is 1.48 bits per heavy atom. The van der Waals surface area contributed by atoms with Gasteiger partial charge in [0.2, 0.25) is 11.9 Å². The van der Waals surface area contributed by atoms with Crippen LogP contribution in [0.3, 0.4) is 0 Å². The van der Waals surface area contributed by atoms with Crippen molar-refractivity contribution in [2.24, 2.45) is 0 Å². The van der Waals surface area contributed by atoms with Crippen LogP contribution in [0.15, 0.2) is 29.4 Å². The highest BCUT2D eigenvalue weighted by molar-refractivity contribution is 7.98. The van der Waals surface area contributed by atoms with Crippen molar-refractivity contribution >= 4 is 29.3 Å². The maximum Gasteiger partial charge on any atom is 0.247 e. The standard InChI is InChI=1S/C13H16FN5OS/c1-3-10(19-12(15)17-18-13(19)21-2)11(20)16-9-7-5-4-6-8(9)14/h4-7,10H,3H2,1-2H3,(H2,15,17)(H,16,20). The SMILES string of the molecule is CCC(C(=O)Nc1ccccc1F)n1c(N)nnc1SC. The Morgan fingerprint density at radius 3 is 2.81 bits per heavy atom. The lowest BCUT2D eigenvalue weighted by molar-refractivity contribution is -0.119. The number of halogens is 1. The molecule has 0 aliphatic rings. The Kier molecular flexibility index (Phi) is 4.79. The zero-order valence-corrected chi connectivity index (χ0v) is 12.5. The summed E-state index contributed by atoms with van der Waals surface area (Å²) in [4.78, 5) is 12.4. The first-order valence-electron chi connectivity index (χ1n) is 6.38. The highest BCUT2D eigenvalue weighted by atomic mass is 32.2. The molecule has 6 nitrogen and oxygen atoms in total. The van der Waals surface area contributed by atoms with Crippen LogP contribution in [-0.2, 0) is 4.79 Å². The number of hydrogen-bond acceptors (Lipinski definition) is 5. The number of nitrogen functional groups attached to an aromatic ring is 1. The fourth-order valence-electron chi connectivity index (χ4n) is 1.98. The van der Waals surface area contributed by atoms with E-state index in [0.29, 0.717) is 11.6 Å². The van der Waals surface area contributed by atoms with Crippen molar-refractivity contribution in [3.8, 4) is 0 Å². The van der Waals surface area contributed by atoms with Crippen molar-refractivity contribution in [2.45, 2.75) is 24.5 Å². The van der Waals surface area contributed by atoms with Gasteiger partial charge < -0.3 is 11.1 Å². The molecule has 0 fully saturated rings. The number of hydrogen-bond donors (Lipinski definition) is 2. The molecule has 112 valence electrons. The molecule has 0 spiro atoms. The quantitative estimate of drug-likeness (QED) is 0.828. The third kappa shape index (κ3) is 3.15. The molecule has 0 saturated carbocycles. The summed E-state index contributed by atoms with van der Waals surface area (Å²) in [5.41, 5.74) is 5.91. The minimum Gasteiger partial charge on any atom is -0.368 e. The van der Waals surface area contributed by atoms with Crippen LogP contribution in [0.4, 0.5) is 16.0 Å². The van der Waals surface area contributed by atoms with E-state index >= 15 is 0 Å². The molecule has 3 N–H and O–H groups in total. The molecule has 8 heteroatoms. The van der Waals surface area contributed by atoms with Crippen molar-refractivity contribution in [3.05, 3.63) is 30.1 Å². The maximum absolute atomic E-state index is 13.6. The van der Waals surface area contributed by atoms with E-state index in [1.165, 1.54) is 23.9 Å². The Balaban J connectivity index is 2.27. The van der Waals surface area contributed by atoms with E-state index in [1.807, 2.05) is 13.2 Å². The number of para-hydroxylation sites is 1. The van der Waals surface area contributed by atoms with Gasteiger partial charge in [-0.05, 0) is 24.8 Å². The fourth-order valence-corrected chi connectivity index (χ4v) is 2.52. The molecular weight excluding hydrogens is 293 g/mol. The highest BCUT2D eigenvalue weighted by Gasteiger charge is 2.24. The number of nitrogens with one attached hydrogen (secondary N) is 1. The highest BCUT2D eigenvalue weighted by Crippen LogP contribution is 2.25. The van der Waals surface area contributed by atoms with Crippen LogP contribution in [0.2, 0.25) is 0 Å². The van der Waals surface area contributed by atoms with Crippen LogP contribution >= 0.6 is 11.8 Å². The van der Waals surface area contributed by atoms with Gasteiger partial charge >= 0.3 is 0 Å². The molecule has 0 aliphatic heterocycles. The molecule has 21 heavy (non-hydrogen) atoms. The lowest BCUT2D eigenvalue weighted by Crippen LogP contribution is -2.27. The molecule has 1 aromatic carbocycles. The number of anilines is 2. The second kappa shape index (κ2) is 6.57. The second-order valence-electron chi connectivity index (χ2n) is 4.31. The first-order valence-corrected chi connectivity index (χ1v) is 7.60. The average Bonchev–Trinajstić information content (AvgIpc) is 2.84. The molecule has 1 unspecified atom stereocenters. The van der Waals surface area contributed by atoms with Gasteiger partial charge in [-0.2, -0.15) is 0 Å². The summed E-state index contributed by atoms with van der Waals surface area (Å²) in [6, 6.07) is 5.41. The lowest BCUT2D eigenvalue weighted by atomic mass is 10.2. The Labute approximate surface area is 125 Å². The summed E-state index contributed by atoms with van der Waals surface area (Å²) in [7, 11) is 0. The first-order chi connectivity index (χ1) is 10.1. The molecule has 0 aliphatic carbocycles. The van der Waals surface area contributed by atoms with Gasteiger partial charge in [0.25, 0.3) is 0 Å². The first kappa shape index (κ1) is 15.3. The van der Waals surface area contributed by atoms with Crippen molar-refractivity contribution < 1.29 is 9.18 Å². The zero-order valence-electron chi connectivity index (χ0n) is 11.7. The van der Waals surface area contributed by atoms with E-state index < -0.39 is 11.9 Å². The van der Waals surface area contributed by atoms with Crippen LogP contribution in [0, 0.1) is 5.82 Å². The van der Waals surface area contributed by atoms with E-state index in [9.17, 15) is 9.18 Å². The normalized spacial score (nSPS) is 12.1. The molecule has 2 aromatic rings. The van der Waals surface area contributed by atoms with Gasteiger partial charge in [-0.25, -0.2) is 4.39 Å². The number of carbonyl (C=O) groups excluding carboxylic acids is 1. The lowest BCUT2D eigenvalue weighted by Gasteiger charge is -2.18. The largest absolute Gasteiger partial charge is 0.368 e. The molecule has 1 aromatic heterocycles. The smallest absolute Gasteiger partial charge is 0.247 e. The van der Waals surface area contributed by atoms with Crippen LogP contribution in [-0.4, -0.2) is 26.9 Å². The minimum absolute atomic E-state index is 0.137. The number of aromatic nitrogens is 3. The minimum atomic E-state index is -0.595. The molecule has 1 atom stereocenters. The molecule has 1 heterocycles. The number of nitrogens with zero attached hydrogens (tertiary/aromatic N) is 3. The van der Waals surface area contributed by atoms with Crippen LogP contribution < -0.4 is 11.1 Å². The summed E-state index contributed by atoms with van der Waals surface area (Å²) in [5, 5.41) is 10.8. The fraction of sp³-hybridized carbons (Fsp3) is 0.308. The Morgan fingerprint density at radius 2 is 2.19 bits per heavy atom. The van der Waals surface area contributed by atoms with Gasteiger partial charge in [-0.1, -0.05) is 30.8 Å². The van der Waals surface area contributed by atoms with Gasteiger partial charge in [0.1, 0.15) is 11.9 Å². The molecule has 0 bridgehead atoms. The van der Waals surface area contributed by atoms with Crippen molar-refractivity contribution in [3.63, 3.8) is 0 Å². The number of amides is 1. The van der Waals surface area contributed by atoms with Crippen molar-refractivity contribution in [1.82, 2.24) is 14.8 Å². The van der Waals surface area contributed by atoms with E-state index in [2.05, 4.69) is 15.5 Å². The number of nitrogens with two attached hydrogens (primary N) is 1. The van der Waals surface area contributed by atoms with Crippen LogP contribution in [0.1, 0.15) is 19.4 Å². The third-order valence-electron chi connectivity index (χ3n) is 3.01. The van der Waals surface area contributed by atoms with Crippen LogP contribution in [0.25, 0.3) is 0 Å². The number of thioether (sulfide) groups is 1. The molecule has 1 amide bonds. The monoisotopic (exact) mass is 309 g/mol. The number of carbonyl (C=O) groups is 1. The van der Waals surface area contributed by atoms with Crippen LogP contribution in [0.5, 0.6) is 0 Å². The van der Waals surface area contributed by atoms with Gasteiger partial charge in [-0.3, -0.25) is 9.36 Å². The topological polar surface area (TPSA) is 85.8 Å². The molecule has 2 rings (SSSR count). The van der Waals surface area contributed by atoms with Crippen molar-refractivity contribution in [1.29, 1.82) is 0 Å². The Bertz CT molecular complexity index is 645. The summed E-state index contributed by atoms with van der Waals surface area (Å²) in [6.07, 6.45) is 2.30. The van der Waals surface area contributed by atoms with E-state index in [1.54, 1.807) is 16.7 Å². The summed E-state index contributed by atoms with van der Waals surface area (Å²) in [5.74, 6) is -0.679. The van der Waals surface area contributed by atoms with E-state index in [-0.39, 0.29) is 17.5 Å². The van der Waals surface area contributed by atoms with Crippen molar-refractivity contribution in [2.75, 3.05) is 17.3 Å². The predicted octanol–water partition coefficient (Wildman–Crippen LogP) is 2.31. The van der Waals surface area contributed by atoms with E-state index in [4.69, 9.17) is 5.73 Å². The third-order valence-corrected chi connectivity index (χ3v) is 3.65.